The predicted molar refractivity (Wildman–Crippen MR) is 61.9 cm³/mol. The Hall–Kier alpha value is -0.540. The molecular weight excluding hydrogens is 212 g/mol. The Bertz CT molecular complexity index is 312. The van der Waals surface area contributed by atoms with Gasteiger partial charge in [-0.05, 0) is 12.3 Å². The number of aromatic nitrogens is 2. The summed E-state index contributed by atoms with van der Waals surface area (Å²) >= 11 is 6.03. The lowest BCUT2D eigenvalue weighted by molar-refractivity contribution is 0.106. The summed E-state index contributed by atoms with van der Waals surface area (Å²) in [5.41, 5.74) is 0.757. The molecule has 86 valence electrons. The van der Waals surface area contributed by atoms with Gasteiger partial charge in [-0.2, -0.15) is 5.10 Å². The van der Waals surface area contributed by atoms with E-state index in [9.17, 15) is 5.11 Å². The van der Waals surface area contributed by atoms with Crippen LogP contribution in [0.5, 0.6) is 0 Å². The van der Waals surface area contributed by atoms with E-state index in [2.05, 4.69) is 18.9 Å². The number of nitrogens with zero attached hydrogens (tertiary/aromatic N) is 2. The van der Waals surface area contributed by atoms with E-state index in [1.165, 1.54) is 0 Å². The largest absolute Gasteiger partial charge is 0.386 e. The van der Waals surface area contributed by atoms with Crippen LogP contribution in [0.2, 0.25) is 5.02 Å². The van der Waals surface area contributed by atoms with Gasteiger partial charge in [-0.15, -0.1) is 0 Å². The molecule has 0 aliphatic rings. The van der Waals surface area contributed by atoms with E-state index in [0.717, 1.165) is 25.1 Å². The molecule has 1 rings (SSSR count). The fraction of sp³-hybridized carbons (Fsp3) is 0.727. The van der Waals surface area contributed by atoms with Crippen molar-refractivity contribution >= 4 is 11.6 Å². The Kier molecular flexibility index (Phi) is 4.61. The summed E-state index contributed by atoms with van der Waals surface area (Å²) in [6.45, 7) is 6.96. The van der Waals surface area contributed by atoms with Crippen LogP contribution in [0.4, 0.5) is 0 Å². The van der Waals surface area contributed by atoms with Crippen LogP contribution in [0.25, 0.3) is 0 Å². The van der Waals surface area contributed by atoms with Gasteiger partial charge in [0.15, 0.2) is 0 Å². The second kappa shape index (κ2) is 5.52. The monoisotopic (exact) mass is 230 g/mol. The van der Waals surface area contributed by atoms with Gasteiger partial charge in [0.05, 0.1) is 23.0 Å². The quantitative estimate of drug-likeness (QED) is 0.845. The van der Waals surface area contributed by atoms with Gasteiger partial charge in [-0.1, -0.05) is 38.8 Å². The van der Waals surface area contributed by atoms with Crippen LogP contribution in [0.1, 0.15) is 45.4 Å². The fourth-order valence-electron chi connectivity index (χ4n) is 1.55. The molecule has 1 aromatic heterocycles. The summed E-state index contributed by atoms with van der Waals surface area (Å²) < 4.78 is 1.80. The van der Waals surface area contributed by atoms with Gasteiger partial charge in [0.2, 0.25) is 0 Å². The van der Waals surface area contributed by atoms with Gasteiger partial charge >= 0.3 is 0 Å². The van der Waals surface area contributed by atoms with Gasteiger partial charge in [0.1, 0.15) is 0 Å². The SMILES string of the molecule is CCCn1ncc(Cl)c1C(O)C(C)CC. The third kappa shape index (κ3) is 2.73. The van der Waals surface area contributed by atoms with E-state index in [0.29, 0.717) is 5.02 Å². The Morgan fingerprint density at radius 2 is 2.20 bits per heavy atom. The van der Waals surface area contributed by atoms with Crippen LogP contribution < -0.4 is 0 Å². The van der Waals surface area contributed by atoms with Crippen molar-refractivity contribution in [3.8, 4) is 0 Å². The van der Waals surface area contributed by atoms with E-state index in [-0.39, 0.29) is 5.92 Å². The first kappa shape index (κ1) is 12.5. The second-order valence-corrected chi connectivity index (χ2v) is 4.34. The van der Waals surface area contributed by atoms with Gasteiger partial charge in [-0.25, -0.2) is 0 Å². The minimum Gasteiger partial charge on any atom is -0.386 e. The van der Waals surface area contributed by atoms with Gasteiger partial charge < -0.3 is 5.11 Å². The molecule has 2 unspecified atom stereocenters. The summed E-state index contributed by atoms with van der Waals surface area (Å²) in [4.78, 5) is 0. The second-order valence-electron chi connectivity index (χ2n) is 3.93. The first-order valence-electron chi connectivity index (χ1n) is 5.51. The zero-order chi connectivity index (χ0) is 11.4. The van der Waals surface area contributed by atoms with Crippen LogP contribution in [-0.2, 0) is 6.54 Å². The summed E-state index contributed by atoms with van der Waals surface area (Å²) in [6, 6.07) is 0. The number of aliphatic hydroxyl groups excluding tert-OH is 1. The van der Waals surface area contributed by atoms with Crippen LogP contribution in [0.15, 0.2) is 6.20 Å². The highest BCUT2D eigenvalue weighted by atomic mass is 35.5. The standard InChI is InChI=1S/C11H19ClN2O/c1-4-6-14-10(9(12)7-13-14)11(15)8(3)5-2/h7-8,11,15H,4-6H2,1-3H3. The summed E-state index contributed by atoms with van der Waals surface area (Å²) in [6.07, 6.45) is 3.00. The molecule has 1 N–H and O–H groups in total. The fourth-order valence-corrected chi connectivity index (χ4v) is 1.80. The van der Waals surface area contributed by atoms with Crippen molar-refractivity contribution in [3.63, 3.8) is 0 Å². The van der Waals surface area contributed by atoms with E-state index in [1.54, 1.807) is 10.9 Å². The molecule has 15 heavy (non-hydrogen) atoms. The van der Waals surface area contributed by atoms with Gasteiger partial charge in [0.25, 0.3) is 0 Å². The highest BCUT2D eigenvalue weighted by Gasteiger charge is 2.22. The predicted octanol–water partition coefficient (Wildman–Crippen LogP) is 3.03. The topological polar surface area (TPSA) is 38.0 Å². The maximum atomic E-state index is 10.1. The average molecular weight is 231 g/mol. The molecule has 0 saturated heterocycles. The Morgan fingerprint density at radius 1 is 1.53 bits per heavy atom. The third-order valence-corrected chi connectivity index (χ3v) is 3.02. The zero-order valence-corrected chi connectivity index (χ0v) is 10.3. The van der Waals surface area contributed by atoms with Crippen molar-refractivity contribution in [2.24, 2.45) is 5.92 Å². The molecule has 1 heterocycles. The van der Waals surface area contributed by atoms with Crippen LogP contribution in [0.3, 0.4) is 0 Å². The van der Waals surface area contributed by atoms with Crippen molar-refractivity contribution in [1.82, 2.24) is 9.78 Å². The lowest BCUT2D eigenvalue weighted by atomic mass is 9.99. The lowest BCUT2D eigenvalue weighted by Crippen LogP contribution is -2.15. The van der Waals surface area contributed by atoms with Crippen LogP contribution in [-0.4, -0.2) is 14.9 Å². The molecule has 0 aliphatic heterocycles. The Morgan fingerprint density at radius 3 is 2.73 bits per heavy atom. The summed E-state index contributed by atoms with van der Waals surface area (Å²) in [5.74, 6) is 0.204. The normalized spacial score (nSPS) is 15.3. The lowest BCUT2D eigenvalue weighted by Gasteiger charge is -2.19. The molecular formula is C11H19ClN2O. The zero-order valence-electron chi connectivity index (χ0n) is 9.57. The summed E-state index contributed by atoms with van der Waals surface area (Å²) in [5, 5.41) is 14.9. The number of halogens is 1. The summed E-state index contributed by atoms with van der Waals surface area (Å²) in [7, 11) is 0. The average Bonchev–Trinajstić information content (AvgIpc) is 2.58. The molecule has 3 nitrogen and oxygen atoms in total. The molecule has 0 saturated carbocycles. The van der Waals surface area contributed by atoms with Gasteiger partial charge in [-0.3, -0.25) is 4.68 Å². The first-order chi connectivity index (χ1) is 7.11. The number of hydrogen-bond donors (Lipinski definition) is 1. The Labute approximate surface area is 96.1 Å². The minimum absolute atomic E-state index is 0.204. The highest BCUT2D eigenvalue weighted by Crippen LogP contribution is 2.29. The molecule has 4 heteroatoms. The highest BCUT2D eigenvalue weighted by molar-refractivity contribution is 6.31. The number of rotatable bonds is 5. The molecule has 0 spiro atoms. The minimum atomic E-state index is -0.517. The van der Waals surface area contributed by atoms with Crippen molar-refractivity contribution < 1.29 is 5.11 Å². The number of aliphatic hydroxyl groups is 1. The maximum absolute atomic E-state index is 10.1. The van der Waals surface area contributed by atoms with E-state index in [1.807, 2.05) is 6.92 Å². The van der Waals surface area contributed by atoms with Crippen molar-refractivity contribution in [2.45, 2.75) is 46.3 Å². The van der Waals surface area contributed by atoms with Crippen LogP contribution >= 0.6 is 11.6 Å². The van der Waals surface area contributed by atoms with E-state index < -0.39 is 6.10 Å². The molecule has 0 radical (unpaired) electrons. The molecule has 2 atom stereocenters. The molecule has 0 fully saturated rings. The molecule has 0 bridgehead atoms. The van der Waals surface area contributed by atoms with E-state index >= 15 is 0 Å². The van der Waals surface area contributed by atoms with E-state index in [4.69, 9.17) is 11.6 Å². The number of aryl methyl sites for hydroxylation is 1. The number of hydrogen-bond acceptors (Lipinski definition) is 2. The maximum Gasteiger partial charge on any atom is 0.0997 e. The molecule has 1 aromatic rings. The van der Waals surface area contributed by atoms with Crippen molar-refractivity contribution in [3.05, 3.63) is 16.9 Å². The molecule has 0 amide bonds. The van der Waals surface area contributed by atoms with Gasteiger partial charge in [0, 0.05) is 6.54 Å². The molecule has 0 aliphatic carbocycles. The Balaban J connectivity index is 2.94. The van der Waals surface area contributed by atoms with Crippen molar-refractivity contribution in [2.75, 3.05) is 0 Å². The third-order valence-electron chi connectivity index (χ3n) is 2.73. The smallest absolute Gasteiger partial charge is 0.0997 e. The van der Waals surface area contributed by atoms with Crippen LogP contribution in [0, 0.1) is 5.92 Å². The first-order valence-corrected chi connectivity index (χ1v) is 5.88. The van der Waals surface area contributed by atoms with Crippen molar-refractivity contribution in [1.29, 1.82) is 0 Å². The molecule has 0 aromatic carbocycles.